The van der Waals surface area contributed by atoms with Gasteiger partial charge in [-0.05, 0) is 6.07 Å². The van der Waals surface area contributed by atoms with E-state index in [-0.39, 0.29) is 5.56 Å². The van der Waals surface area contributed by atoms with Gasteiger partial charge in [0.25, 0.3) is 0 Å². The molecular weight excluding hydrogens is 179 g/mol. The maximum absolute atomic E-state index is 13.4. The predicted octanol–water partition coefficient (Wildman–Crippen LogP) is 1.97. The summed E-state index contributed by atoms with van der Waals surface area (Å²) in [6, 6.07) is 6.60. The summed E-state index contributed by atoms with van der Waals surface area (Å²) >= 11 is 0. The molecule has 0 fully saturated rings. The molecule has 0 aliphatic heterocycles. The zero-order valence-corrected chi connectivity index (χ0v) is 7.76. The Bertz CT molecular complexity index is 366. The average Bonchev–Trinajstić information content (AvgIpc) is 2.21. The lowest BCUT2D eigenvalue weighted by molar-refractivity contribution is 0.593. The molecule has 0 aliphatic rings. The third kappa shape index (κ3) is 2.41. The first kappa shape index (κ1) is 10.4. The van der Waals surface area contributed by atoms with Crippen LogP contribution in [0.5, 0.6) is 0 Å². The standard InChI is InChI=1S/C11H11FN2/c1-2-6-14-8-10-5-3-4-9(7-13)11(10)12/h2-5,14H,1,6,8H2. The van der Waals surface area contributed by atoms with Crippen molar-refractivity contribution in [3.63, 3.8) is 0 Å². The normalized spacial score (nSPS) is 9.43. The van der Waals surface area contributed by atoms with Crippen molar-refractivity contribution in [2.75, 3.05) is 6.54 Å². The highest BCUT2D eigenvalue weighted by molar-refractivity contribution is 5.34. The molecule has 72 valence electrons. The lowest BCUT2D eigenvalue weighted by atomic mass is 10.1. The molecule has 0 saturated heterocycles. The molecule has 0 amide bonds. The van der Waals surface area contributed by atoms with Gasteiger partial charge in [-0.15, -0.1) is 6.58 Å². The average molecular weight is 190 g/mol. The van der Waals surface area contributed by atoms with Gasteiger partial charge in [-0.1, -0.05) is 18.2 Å². The van der Waals surface area contributed by atoms with Crippen molar-refractivity contribution in [2.45, 2.75) is 6.54 Å². The quantitative estimate of drug-likeness (QED) is 0.582. The number of nitrogens with zero attached hydrogens (tertiary/aromatic N) is 1. The molecule has 0 bridgehead atoms. The van der Waals surface area contributed by atoms with Gasteiger partial charge in [0.15, 0.2) is 0 Å². The fraction of sp³-hybridized carbons (Fsp3) is 0.182. The monoisotopic (exact) mass is 190 g/mol. The number of nitriles is 1. The van der Waals surface area contributed by atoms with Crippen LogP contribution in [-0.2, 0) is 6.54 Å². The molecule has 14 heavy (non-hydrogen) atoms. The van der Waals surface area contributed by atoms with E-state index >= 15 is 0 Å². The number of benzene rings is 1. The second-order valence-electron chi connectivity index (χ2n) is 2.81. The number of hydrogen-bond donors (Lipinski definition) is 1. The molecule has 0 heterocycles. The van der Waals surface area contributed by atoms with Crippen molar-refractivity contribution in [2.24, 2.45) is 0 Å². The smallest absolute Gasteiger partial charge is 0.145 e. The minimum absolute atomic E-state index is 0.0860. The van der Waals surface area contributed by atoms with E-state index in [2.05, 4.69) is 11.9 Å². The molecule has 2 nitrogen and oxygen atoms in total. The summed E-state index contributed by atoms with van der Waals surface area (Å²) in [7, 11) is 0. The molecule has 1 aromatic rings. The van der Waals surface area contributed by atoms with Crippen LogP contribution in [-0.4, -0.2) is 6.54 Å². The van der Waals surface area contributed by atoms with E-state index in [0.29, 0.717) is 18.7 Å². The first-order chi connectivity index (χ1) is 6.79. The van der Waals surface area contributed by atoms with Crippen LogP contribution in [0.4, 0.5) is 4.39 Å². The van der Waals surface area contributed by atoms with Gasteiger partial charge in [0.2, 0.25) is 0 Å². The van der Waals surface area contributed by atoms with Gasteiger partial charge in [-0.25, -0.2) is 4.39 Å². The Kier molecular flexibility index (Phi) is 3.84. The van der Waals surface area contributed by atoms with E-state index in [4.69, 9.17) is 5.26 Å². The highest BCUT2D eigenvalue weighted by Gasteiger charge is 2.05. The molecule has 0 aromatic heterocycles. The first-order valence-corrected chi connectivity index (χ1v) is 4.28. The van der Waals surface area contributed by atoms with Crippen LogP contribution in [0.25, 0.3) is 0 Å². The zero-order valence-electron chi connectivity index (χ0n) is 7.76. The Morgan fingerprint density at radius 1 is 1.57 bits per heavy atom. The molecule has 1 rings (SSSR count). The van der Waals surface area contributed by atoms with Crippen molar-refractivity contribution in [3.05, 3.63) is 47.8 Å². The van der Waals surface area contributed by atoms with Crippen molar-refractivity contribution in [3.8, 4) is 6.07 Å². The van der Waals surface area contributed by atoms with Crippen molar-refractivity contribution in [1.82, 2.24) is 5.32 Å². The van der Waals surface area contributed by atoms with E-state index in [9.17, 15) is 4.39 Å². The Labute approximate surface area is 82.7 Å². The van der Waals surface area contributed by atoms with Crippen molar-refractivity contribution < 1.29 is 4.39 Å². The maximum atomic E-state index is 13.4. The summed E-state index contributed by atoms with van der Waals surface area (Å²) in [6.07, 6.45) is 1.70. The first-order valence-electron chi connectivity index (χ1n) is 4.28. The Hall–Kier alpha value is -1.66. The minimum Gasteiger partial charge on any atom is -0.309 e. The topological polar surface area (TPSA) is 35.8 Å². The maximum Gasteiger partial charge on any atom is 0.145 e. The molecule has 1 N–H and O–H groups in total. The van der Waals surface area contributed by atoms with Gasteiger partial charge in [-0.3, -0.25) is 0 Å². The molecule has 3 heteroatoms. The van der Waals surface area contributed by atoms with E-state index in [1.54, 1.807) is 24.3 Å². The Morgan fingerprint density at radius 3 is 3.00 bits per heavy atom. The van der Waals surface area contributed by atoms with Crippen LogP contribution in [0.2, 0.25) is 0 Å². The molecule has 0 spiro atoms. The molecule has 0 aliphatic carbocycles. The van der Waals surface area contributed by atoms with E-state index in [0.717, 1.165) is 0 Å². The summed E-state index contributed by atoms with van der Waals surface area (Å²) < 4.78 is 13.4. The summed E-state index contributed by atoms with van der Waals surface area (Å²) in [5.74, 6) is -0.438. The van der Waals surface area contributed by atoms with Gasteiger partial charge in [0.05, 0.1) is 5.56 Å². The summed E-state index contributed by atoms with van der Waals surface area (Å²) in [6.45, 7) is 4.57. The van der Waals surface area contributed by atoms with Gasteiger partial charge in [-0.2, -0.15) is 5.26 Å². The summed E-state index contributed by atoms with van der Waals surface area (Å²) in [4.78, 5) is 0. The van der Waals surface area contributed by atoms with Crippen LogP contribution in [0.3, 0.4) is 0 Å². The summed E-state index contributed by atoms with van der Waals surface area (Å²) in [5.41, 5.74) is 0.591. The van der Waals surface area contributed by atoms with Crippen molar-refractivity contribution in [1.29, 1.82) is 5.26 Å². The van der Waals surface area contributed by atoms with Gasteiger partial charge < -0.3 is 5.32 Å². The molecular formula is C11H11FN2. The Morgan fingerprint density at radius 2 is 2.36 bits per heavy atom. The highest BCUT2D eigenvalue weighted by Crippen LogP contribution is 2.11. The van der Waals surface area contributed by atoms with Gasteiger partial charge >= 0.3 is 0 Å². The van der Waals surface area contributed by atoms with Crippen LogP contribution < -0.4 is 5.32 Å². The Balaban J connectivity index is 2.77. The van der Waals surface area contributed by atoms with Crippen LogP contribution in [0, 0.1) is 17.1 Å². The number of rotatable bonds is 4. The van der Waals surface area contributed by atoms with Crippen LogP contribution >= 0.6 is 0 Å². The predicted molar refractivity (Wildman–Crippen MR) is 53.0 cm³/mol. The zero-order chi connectivity index (χ0) is 10.4. The number of hydrogen-bond acceptors (Lipinski definition) is 2. The fourth-order valence-electron chi connectivity index (χ4n) is 1.11. The summed E-state index contributed by atoms with van der Waals surface area (Å²) in [5, 5.41) is 11.6. The van der Waals surface area contributed by atoms with Crippen LogP contribution in [0.1, 0.15) is 11.1 Å². The largest absolute Gasteiger partial charge is 0.309 e. The van der Waals surface area contributed by atoms with Crippen molar-refractivity contribution >= 4 is 0 Å². The van der Waals surface area contributed by atoms with E-state index in [1.165, 1.54) is 6.07 Å². The van der Waals surface area contributed by atoms with Gasteiger partial charge in [0, 0.05) is 18.7 Å². The number of nitrogens with one attached hydrogen (secondary N) is 1. The number of halogens is 1. The third-order valence-electron chi connectivity index (χ3n) is 1.80. The second-order valence-corrected chi connectivity index (χ2v) is 2.81. The molecule has 0 radical (unpaired) electrons. The molecule has 0 saturated carbocycles. The third-order valence-corrected chi connectivity index (χ3v) is 1.80. The van der Waals surface area contributed by atoms with E-state index in [1.807, 2.05) is 0 Å². The fourth-order valence-corrected chi connectivity index (χ4v) is 1.11. The second kappa shape index (κ2) is 5.15. The molecule has 0 unspecified atom stereocenters. The SMILES string of the molecule is C=CCNCc1cccc(C#N)c1F. The van der Waals surface area contributed by atoms with Gasteiger partial charge in [0.1, 0.15) is 11.9 Å². The molecule has 1 aromatic carbocycles. The van der Waals surface area contributed by atoms with E-state index < -0.39 is 5.82 Å². The van der Waals surface area contributed by atoms with Crippen LogP contribution in [0.15, 0.2) is 30.9 Å². The molecule has 0 atom stereocenters. The lowest BCUT2D eigenvalue weighted by Crippen LogP contribution is -2.14. The minimum atomic E-state index is -0.438. The lowest BCUT2D eigenvalue weighted by Gasteiger charge is -2.04. The highest BCUT2D eigenvalue weighted by atomic mass is 19.1.